The van der Waals surface area contributed by atoms with Crippen LogP contribution in [0.1, 0.15) is 298 Å². The number of methoxy groups -OCH3 is 2. The molecule has 0 spiro atoms. The molecule has 1 aliphatic carbocycles. The van der Waals surface area contributed by atoms with Crippen LogP contribution < -0.4 is 10.6 Å². The normalized spacial score (nSPS) is 21.3. The molecule has 1 saturated carbocycles. The predicted octanol–water partition coefficient (Wildman–Crippen LogP) is 19.5. The van der Waals surface area contributed by atoms with E-state index in [-0.39, 0.29) is 89.7 Å². The number of carbonyl (C=O) groups excluding carboxylic acids is 4. The Balaban J connectivity index is 2.74. The highest BCUT2D eigenvalue weighted by atomic mass is 31.2. The second-order valence-electron chi connectivity index (χ2n) is 27.4. The fourth-order valence-electron chi connectivity index (χ4n) is 13.0. The van der Waals surface area contributed by atoms with Gasteiger partial charge in [0.1, 0.15) is 55.1 Å². The fraction of sp³-hybridized carbons (Fsp3) is 0.825. The number of amides is 2. The van der Waals surface area contributed by atoms with Crippen LogP contribution in [-0.2, 0) is 75.2 Å². The van der Waals surface area contributed by atoms with Crippen molar-refractivity contribution in [3.63, 3.8) is 0 Å². The number of rotatable bonds is 68. The first kappa shape index (κ1) is 92.3. The second kappa shape index (κ2) is 62.6. The van der Waals surface area contributed by atoms with Crippen LogP contribution in [0.2, 0.25) is 0 Å². The van der Waals surface area contributed by atoms with Crippen LogP contribution >= 0.6 is 7.82 Å². The molecule has 20 heteroatoms. The fourth-order valence-corrected chi connectivity index (χ4v) is 14.4. The number of hydrogen-bond acceptors (Lipinski definition) is 17. The van der Waals surface area contributed by atoms with Gasteiger partial charge in [-0.1, -0.05) is 251 Å². The number of carbonyl (C=O) groups is 4. The summed E-state index contributed by atoms with van der Waals surface area (Å²) in [4.78, 5) is 56.4. The van der Waals surface area contributed by atoms with Crippen LogP contribution in [0, 0.1) is 5.92 Å². The number of ether oxygens (including phenoxy) is 9. The number of phosphoric ester groups is 1. The monoisotopic (exact) mass is 1440 g/mol. The third kappa shape index (κ3) is 43.5. The zero-order chi connectivity index (χ0) is 73.0. The lowest BCUT2D eigenvalue weighted by atomic mass is 9.79. The van der Waals surface area contributed by atoms with Crippen molar-refractivity contribution in [3.05, 3.63) is 62.5 Å². The molecule has 0 bridgehead atoms. The zero-order valence-corrected chi connectivity index (χ0v) is 64.7. The average molecular weight is 1440 g/mol. The summed E-state index contributed by atoms with van der Waals surface area (Å²) >= 11 is 0. The number of allylic oxidation sites excluding steroid dienone is 3. The second-order valence-corrected chi connectivity index (χ2v) is 29.0. The number of nitrogens with one attached hydrogen (secondary N) is 2. The van der Waals surface area contributed by atoms with Gasteiger partial charge in [-0.05, 0) is 71.1 Å². The Bertz CT molecular complexity index is 2170. The molecule has 0 aromatic rings. The van der Waals surface area contributed by atoms with Gasteiger partial charge in [0.25, 0.3) is 0 Å². The van der Waals surface area contributed by atoms with E-state index in [1.165, 1.54) is 96.0 Å². The maximum atomic E-state index is 14.8. The molecule has 0 aromatic carbocycles. The molecule has 100 heavy (non-hydrogen) atoms. The maximum Gasteiger partial charge on any atom is 0.508 e. The van der Waals surface area contributed by atoms with Gasteiger partial charge in [-0.25, -0.2) is 9.36 Å². The van der Waals surface area contributed by atoms with E-state index in [0.29, 0.717) is 25.7 Å². The van der Waals surface area contributed by atoms with E-state index in [9.17, 15) is 23.7 Å². The Kier molecular flexibility index (Phi) is 57.8. The minimum absolute atomic E-state index is 0.121. The van der Waals surface area contributed by atoms with E-state index in [0.717, 1.165) is 141 Å². The third-order valence-corrected chi connectivity index (χ3v) is 20.1. The molecule has 11 atom stereocenters. The highest BCUT2D eigenvalue weighted by Crippen LogP contribution is 2.53. The van der Waals surface area contributed by atoms with Gasteiger partial charge in [0, 0.05) is 46.2 Å². The predicted molar refractivity (Wildman–Crippen MR) is 401 cm³/mol. The van der Waals surface area contributed by atoms with Gasteiger partial charge in [-0.2, -0.15) is 0 Å². The summed E-state index contributed by atoms with van der Waals surface area (Å²) in [6.07, 6.45) is 43.0. The molecular weight excluding hydrogens is 1290 g/mol. The SMILES string of the molecule is C=CCOC(=O)O[C@@H]1C(CO[C@@H]2O[C@H](COC)[C@@H](OP(=O)(OCC=C)OCC=C)[C@H](OCC[C@@H](CCCCCCC)OC)[C@H]2NC(=O)CCCCCCCCCC=CCCCCCC)C[C@H](OC=CC)[C@H](NC(=O)CC(=O)CCCCCCCCCCC)C1OCCCCCCCCCC. The van der Waals surface area contributed by atoms with Crippen LogP contribution in [0.5, 0.6) is 0 Å². The smallest absolute Gasteiger partial charge is 0.496 e. The number of phosphoric acid groups is 1. The molecule has 2 fully saturated rings. The van der Waals surface area contributed by atoms with Crippen molar-refractivity contribution in [1.82, 2.24) is 10.6 Å². The first-order chi connectivity index (χ1) is 48.8. The van der Waals surface area contributed by atoms with Crippen molar-refractivity contribution in [1.29, 1.82) is 0 Å². The summed E-state index contributed by atoms with van der Waals surface area (Å²) in [5.74, 6) is -1.70. The van der Waals surface area contributed by atoms with Crippen LogP contribution in [0.3, 0.4) is 0 Å². The summed E-state index contributed by atoms with van der Waals surface area (Å²) in [5.41, 5.74) is 0. The van der Waals surface area contributed by atoms with Crippen LogP contribution in [0.25, 0.3) is 0 Å². The average Bonchev–Trinajstić information content (AvgIpc) is 0.784. The van der Waals surface area contributed by atoms with Crippen molar-refractivity contribution >= 4 is 31.6 Å². The number of ketones is 1. The molecule has 0 radical (unpaired) electrons. The van der Waals surface area contributed by atoms with Crippen molar-refractivity contribution < 1.29 is 79.9 Å². The molecule has 2 rings (SSSR count). The summed E-state index contributed by atoms with van der Waals surface area (Å²) < 4.78 is 90.9. The number of unbranched alkanes of at least 4 members (excludes halogenated alkanes) is 30. The minimum Gasteiger partial charge on any atom is -0.496 e. The van der Waals surface area contributed by atoms with Gasteiger partial charge in [-0.3, -0.25) is 28.0 Å². The van der Waals surface area contributed by atoms with Crippen molar-refractivity contribution in [3.8, 4) is 0 Å². The van der Waals surface area contributed by atoms with Gasteiger partial charge >= 0.3 is 14.0 Å². The van der Waals surface area contributed by atoms with E-state index in [4.69, 9.17) is 56.2 Å². The lowest BCUT2D eigenvalue weighted by Crippen LogP contribution is -2.67. The summed E-state index contributed by atoms with van der Waals surface area (Å²) in [5, 5.41) is 6.38. The first-order valence-corrected chi connectivity index (χ1v) is 41.1. The quantitative estimate of drug-likeness (QED) is 0.0144. The molecule has 580 valence electrons. The van der Waals surface area contributed by atoms with Crippen molar-refractivity contribution in [2.45, 2.75) is 359 Å². The van der Waals surface area contributed by atoms with Crippen LogP contribution in [-0.4, -0.2) is 145 Å². The van der Waals surface area contributed by atoms with Gasteiger partial charge in [0.05, 0.1) is 51.3 Å². The van der Waals surface area contributed by atoms with Crippen molar-refractivity contribution in [2.24, 2.45) is 5.92 Å². The Morgan fingerprint density at radius 3 is 1.59 bits per heavy atom. The van der Waals surface area contributed by atoms with Crippen LogP contribution in [0.15, 0.2) is 62.5 Å². The lowest BCUT2D eigenvalue weighted by molar-refractivity contribution is -0.282. The van der Waals surface area contributed by atoms with E-state index < -0.39 is 80.8 Å². The first-order valence-electron chi connectivity index (χ1n) is 39.6. The molecule has 19 nitrogen and oxygen atoms in total. The van der Waals surface area contributed by atoms with E-state index in [2.05, 4.69) is 70.2 Å². The lowest BCUT2D eigenvalue weighted by Gasteiger charge is -2.48. The maximum absolute atomic E-state index is 14.8. The molecule has 2 aliphatic rings. The summed E-state index contributed by atoms with van der Waals surface area (Å²) in [6.45, 7) is 21.5. The van der Waals surface area contributed by atoms with E-state index in [1.807, 2.05) is 6.92 Å². The summed E-state index contributed by atoms with van der Waals surface area (Å²) in [6, 6.07) is -2.05. The van der Waals surface area contributed by atoms with Gasteiger partial charge in [0.15, 0.2) is 6.29 Å². The third-order valence-electron chi connectivity index (χ3n) is 18.7. The Morgan fingerprint density at radius 2 is 1.04 bits per heavy atom. The van der Waals surface area contributed by atoms with E-state index in [1.54, 1.807) is 19.4 Å². The molecular formula is C80H143N2O17P. The van der Waals surface area contributed by atoms with Crippen molar-refractivity contribution in [2.75, 3.05) is 60.5 Å². The largest absolute Gasteiger partial charge is 0.508 e. The van der Waals surface area contributed by atoms with Gasteiger partial charge < -0.3 is 53.3 Å². The highest BCUT2D eigenvalue weighted by Gasteiger charge is 2.54. The van der Waals surface area contributed by atoms with Crippen LogP contribution in [0.4, 0.5) is 4.79 Å². The van der Waals surface area contributed by atoms with E-state index >= 15 is 0 Å². The minimum atomic E-state index is -4.47. The number of Topliss-reactive ketones (excluding diaryl/α,β-unsaturated/α-hetero) is 1. The molecule has 2 unspecified atom stereocenters. The Hall–Kier alpha value is -3.75. The Labute approximate surface area is 607 Å². The Morgan fingerprint density at radius 1 is 0.540 bits per heavy atom. The van der Waals surface area contributed by atoms with Gasteiger partial charge in [-0.15, -0.1) is 13.2 Å². The molecule has 1 saturated heterocycles. The molecule has 1 heterocycles. The van der Waals surface area contributed by atoms with Gasteiger partial charge in [0.2, 0.25) is 11.8 Å². The standard InChI is InChI=1S/C80H143N2O17P/c1-11-19-23-27-30-33-34-35-36-37-38-40-42-46-50-54-71(84)81-74-78(92-61-55-68(89-10)53-49-44-26-22-14-4)76(99-100(87,95-58-17-7)96-59-18-8)70(65-88-9)97-79(74)94-64-66-62-69(90-56-15-5)73(82-72(85)63-67(83)52-48-45-41-39-31-28-24-20-12-2)77(75(66)98-80(86)93-57-16-6)91-60-51-47-43-32-29-25-21-13-3/h15-18,33-34,56,66,68-70,73-79H,6-8,11-14,19-32,35-55,57-65H2,1-5,9-10H3,(H,81,84)(H,82,85)/t66?,68-,69+,70-,73+,74-,75-,76-,77?,78-,79-/m1/s1. The number of hydrogen-bond donors (Lipinski definition) is 2. The molecule has 2 amide bonds. The molecule has 0 aromatic heterocycles. The summed E-state index contributed by atoms with van der Waals surface area (Å²) in [7, 11) is -1.28. The molecule has 1 aliphatic heterocycles. The zero-order valence-electron chi connectivity index (χ0n) is 63.8. The topological polar surface area (TPSA) is 220 Å². The molecule has 2 N–H and O–H groups in total. The highest BCUT2D eigenvalue weighted by molar-refractivity contribution is 7.48.